The number of ether oxygens (including phenoxy) is 3. The first kappa shape index (κ1) is 68.1. The van der Waals surface area contributed by atoms with Crippen LogP contribution in [0.4, 0.5) is 0 Å². The summed E-state index contributed by atoms with van der Waals surface area (Å²) in [6.07, 6.45) is 75.5. The Labute approximate surface area is 440 Å². The highest BCUT2D eigenvalue weighted by Gasteiger charge is 2.19. The van der Waals surface area contributed by atoms with Crippen molar-refractivity contribution in [1.29, 1.82) is 0 Å². The van der Waals surface area contributed by atoms with Gasteiger partial charge in [-0.1, -0.05) is 313 Å². The number of carbonyl (C=O) groups is 3. The molecule has 0 saturated heterocycles. The predicted molar refractivity (Wildman–Crippen MR) is 307 cm³/mol. The highest BCUT2D eigenvalue weighted by Crippen LogP contribution is 2.17. The van der Waals surface area contributed by atoms with Crippen LogP contribution in [0.25, 0.3) is 0 Å². The highest BCUT2D eigenvalue weighted by atomic mass is 16.6. The minimum atomic E-state index is -0.825. The second kappa shape index (κ2) is 59.7. The van der Waals surface area contributed by atoms with Crippen molar-refractivity contribution in [3.05, 3.63) is 60.8 Å². The van der Waals surface area contributed by atoms with Gasteiger partial charge in [0.15, 0.2) is 6.10 Å². The van der Waals surface area contributed by atoms with E-state index in [1.54, 1.807) is 6.08 Å². The van der Waals surface area contributed by atoms with Crippen LogP contribution in [0.15, 0.2) is 60.8 Å². The van der Waals surface area contributed by atoms with Gasteiger partial charge < -0.3 is 14.2 Å². The summed E-state index contributed by atoms with van der Waals surface area (Å²) in [7, 11) is 0. The third-order valence-electron chi connectivity index (χ3n) is 13.6. The van der Waals surface area contributed by atoms with Gasteiger partial charge in [0.1, 0.15) is 13.2 Å². The normalized spacial score (nSPS) is 12.4. The number of hydrogen-bond acceptors (Lipinski definition) is 6. The fraction of sp³-hybridized carbons (Fsp3) is 0.800. The summed E-state index contributed by atoms with van der Waals surface area (Å²) < 4.78 is 16.8. The zero-order chi connectivity index (χ0) is 51.4. The maximum atomic E-state index is 12.8. The van der Waals surface area contributed by atoms with Gasteiger partial charge in [-0.2, -0.15) is 0 Å². The van der Waals surface area contributed by atoms with Gasteiger partial charge in [0.25, 0.3) is 0 Å². The molecule has 0 aliphatic rings. The molecule has 0 heterocycles. The van der Waals surface area contributed by atoms with E-state index in [-0.39, 0.29) is 31.6 Å². The molecule has 0 aliphatic heterocycles. The van der Waals surface area contributed by atoms with Crippen molar-refractivity contribution in [3.8, 4) is 0 Å². The van der Waals surface area contributed by atoms with Gasteiger partial charge in [-0.3, -0.25) is 14.4 Å². The zero-order valence-electron chi connectivity index (χ0n) is 47.2. The smallest absolute Gasteiger partial charge is 0.310 e. The average molecular weight is 994 g/mol. The SMILES string of the molecule is CC/C=C\C/C=C\C/C=C\C/C=C\C/C=C\CC(=O)OC(COC(=O)CCCCCCCCCCCCCCC)COC(=O)CCCCCCCCCCCCCCCCCCCCCCCCCCC. The molecule has 71 heavy (non-hydrogen) atoms. The van der Waals surface area contributed by atoms with E-state index < -0.39 is 12.1 Å². The summed E-state index contributed by atoms with van der Waals surface area (Å²) in [5.74, 6) is -1.02. The van der Waals surface area contributed by atoms with Gasteiger partial charge in [0, 0.05) is 12.8 Å². The second-order valence-electron chi connectivity index (χ2n) is 20.6. The van der Waals surface area contributed by atoms with E-state index in [1.807, 2.05) is 6.08 Å². The van der Waals surface area contributed by atoms with Crippen LogP contribution in [0.5, 0.6) is 0 Å². The molecule has 0 N–H and O–H groups in total. The Morgan fingerprint density at radius 2 is 0.535 bits per heavy atom. The Hall–Kier alpha value is -2.89. The number of unbranched alkanes of at least 4 members (excludes halogenated alkanes) is 36. The first-order valence-electron chi connectivity index (χ1n) is 30.8. The lowest BCUT2D eigenvalue weighted by Crippen LogP contribution is -2.30. The molecule has 0 saturated carbocycles. The molecule has 412 valence electrons. The van der Waals surface area contributed by atoms with E-state index in [4.69, 9.17) is 14.2 Å². The summed E-state index contributed by atoms with van der Waals surface area (Å²) in [4.78, 5) is 38.1. The van der Waals surface area contributed by atoms with Gasteiger partial charge in [-0.25, -0.2) is 0 Å². The summed E-state index contributed by atoms with van der Waals surface area (Å²) >= 11 is 0. The molecule has 0 rings (SSSR count). The maximum absolute atomic E-state index is 12.8. The van der Waals surface area contributed by atoms with Crippen LogP contribution < -0.4 is 0 Å². The minimum Gasteiger partial charge on any atom is -0.462 e. The molecular weight excluding hydrogens is 877 g/mol. The molecule has 0 amide bonds. The third kappa shape index (κ3) is 57.9. The monoisotopic (exact) mass is 993 g/mol. The lowest BCUT2D eigenvalue weighted by molar-refractivity contribution is -0.166. The average Bonchev–Trinajstić information content (AvgIpc) is 3.37. The molecular formula is C65H116O6. The van der Waals surface area contributed by atoms with Crippen LogP contribution in [-0.2, 0) is 28.6 Å². The molecule has 6 nitrogen and oxygen atoms in total. The predicted octanol–water partition coefficient (Wildman–Crippen LogP) is 20.8. The molecule has 1 atom stereocenters. The number of carbonyl (C=O) groups excluding carboxylic acids is 3. The molecule has 0 aromatic heterocycles. The van der Waals surface area contributed by atoms with Gasteiger partial charge >= 0.3 is 17.9 Å². The molecule has 0 aromatic rings. The summed E-state index contributed by atoms with van der Waals surface area (Å²) in [6.45, 7) is 6.48. The zero-order valence-corrected chi connectivity index (χ0v) is 47.2. The Morgan fingerprint density at radius 1 is 0.296 bits per heavy atom. The summed E-state index contributed by atoms with van der Waals surface area (Å²) in [5.41, 5.74) is 0. The molecule has 0 fully saturated rings. The fourth-order valence-electron chi connectivity index (χ4n) is 8.99. The van der Waals surface area contributed by atoms with Crippen LogP contribution in [0.3, 0.4) is 0 Å². The number of esters is 3. The van der Waals surface area contributed by atoms with E-state index in [2.05, 4.69) is 69.4 Å². The van der Waals surface area contributed by atoms with E-state index in [0.717, 1.165) is 70.6 Å². The first-order valence-corrected chi connectivity index (χ1v) is 30.8. The lowest BCUT2D eigenvalue weighted by atomic mass is 10.0. The fourth-order valence-corrected chi connectivity index (χ4v) is 8.99. The van der Waals surface area contributed by atoms with Crippen LogP contribution in [0.1, 0.15) is 316 Å². The van der Waals surface area contributed by atoms with Gasteiger partial charge in [0.2, 0.25) is 0 Å². The van der Waals surface area contributed by atoms with Crippen LogP contribution in [0, 0.1) is 0 Å². The van der Waals surface area contributed by atoms with E-state index >= 15 is 0 Å². The Bertz CT molecular complexity index is 1280. The van der Waals surface area contributed by atoms with Crippen molar-refractivity contribution in [2.45, 2.75) is 322 Å². The molecule has 0 bridgehead atoms. The van der Waals surface area contributed by atoms with Gasteiger partial charge in [-0.05, 0) is 44.9 Å². The molecule has 1 unspecified atom stereocenters. The minimum absolute atomic E-state index is 0.102. The Morgan fingerprint density at radius 3 is 0.803 bits per heavy atom. The topological polar surface area (TPSA) is 78.9 Å². The molecule has 0 aromatic carbocycles. The summed E-state index contributed by atoms with van der Waals surface area (Å²) in [6, 6.07) is 0. The first-order chi connectivity index (χ1) is 35.0. The van der Waals surface area contributed by atoms with Crippen molar-refractivity contribution < 1.29 is 28.6 Å². The quantitative estimate of drug-likeness (QED) is 0.0261. The molecule has 0 radical (unpaired) electrons. The van der Waals surface area contributed by atoms with Crippen molar-refractivity contribution in [1.82, 2.24) is 0 Å². The number of allylic oxidation sites excluding steroid dienone is 9. The lowest BCUT2D eigenvalue weighted by Gasteiger charge is -2.18. The van der Waals surface area contributed by atoms with Crippen LogP contribution in [-0.4, -0.2) is 37.2 Å². The molecule has 6 heteroatoms. The van der Waals surface area contributed by atoms with Crippen molar-refractivity contribution >= 4 is 17.9 Å². The number of rotatable bonds is 56. The molecule has 0 spiro atoms. The number of hydrogen-bond donors (Lipinski definition) is 0. The van der Waals surface area contributed by atoms with Gasteiger partial charge in [0.05, 0.1) is 6.42 Å². The van der Waals surface area contributed by atoms with Crippen molar-refractivity contribution in [2.24, 2.45) is 0 Å². The van der Waals surface area contributed by atoms with E-state index in [9.17, 15) is 14.4 Å². The van der Waals surface area contributed by atoms with E-state index in [0.29, 0.717) is 12.8 Å². The highest BCUT2D eigenvalue weighted by molar-refractivity contribution is 5.72. The van der Waals surface area contributed by atoms with Crippen molar-refractivity contribution in [3.63, 3.8) is 0 Å². The van der Waals surface area contributed by atoms with Gasteiger partial charge in [-0.15, -0.1) is 0 Å². The van der Waals surface area contributed by atoms with Crippen LogP contribution >= 0.6 is 0 Å². The Balaban J connectivity index is 4.29. The van der Waals surface area contributed by atoms with E-state index in [1.165, 1.54) is 205 Å². The summed E-state index contributed by atoms with van der Waals surface area (Å²) in [5, 5.41) is 0. The maximum Gasteiger partial charge on any atom is 0.310 e. The standard InChI is InChI=1S/C65H116O6/c1-4-7-10-13-16-19-22-25-27-28-29-30-31-32-33-34-35-36-38-40-43-46-49-52-55-58-64(67)70-61-62(60-69-63(66)57-54-51-48-45-42-39-24-21-18-15-12-9-6-3)71-65(68)59-56-53-50-47-44-41-37-26-23-20-17-14-11-8-5-2/h8,11,17,20,26,37,44,47,53,56,62H,4-7,9-10,12-16,18-19,21-25,27-36,38-43,45-46,48-52,54-55,57-61H2,1-3H3/b11-8-,20-17-,37-26-,47-44-,56-53-. The largest absolute Gasteiger partial charge is 0.462 e. The molecule has 0 aliphatic carbocycles. The van der Waals surface area contributed by atoms with Crippen LogP contribution in [0.2, 0.25) is 0 Å². The Kier molecular flexibility index (Phi) is 57.2. The van der Waals surface area contributed by atoms with Crippen molar-refractivity contribution in [2.75, 3.05) is 13.2 Å². The third-order valence-corrected chi connectivity index (χ3v) is 13.6. The second-order valence-corrected chi connectivity index (χ2v) is 20.6.